The molecule has 0 aliphatic heterocycles. The molecule has 6 heteroatoms. The third-order valence-corrected chi connectivity index (χ3v) is 5.01. The lowest BCUT2D eigenvalue weighted by molar-refractivity contribution is 0.600. The number of anilines is 1. The van der Waals surface area contributed by atoms with Crippen molar-refractivity contribution in [3.63, 3.8) is 0 Å². The van der Waals surface area contributed by atoms with Gasteiger partial charge >= 0.3 is 0 Å². The monoisotopic (exact) mass is 346 g/mol. The number of pyridine rings is 1. The molecule has 2 aromatic carbocycles. The minimum atomic E-state index is -3.59. The number of nitrogens with zero attached hydrogens (tertiary/aromatic N) is 1. The molecule has 0 fully saturated rings. The van der Waals surface area contributed by atoms with E-state index in [9.17, 15) is 8.42 Å². The summed E-state index contributed by atoms with van der Waals surface area (Å²) in [5, 5.41) is 1.33. The topological polar surface area (TPSA) is 59.1 Å². The molecule has 23 heavy (non-hydrogen) atoms. The first-order valence-corrected chi connectivity index (χ1v) is 9.07. The van der Waals surface area contributed by atoms with Crippen molar-refractivity contribution in [2.45, 2.75) is 12.7 Å². The number of aryl methyl sites for hydroxylation is 1. The average Bonchev–Trinajstić information content (AvgIpc) is 2.49. The normalized spacial score (nSPS) is 11.6. The van der Waals surface area contributed by atoms with Crippen LogP contribution in [-0.2, 0) is 15.8 Å². The van der Waals surface area contributed by atoms with Crippen molar-refractivity contribution in [1.29, 1.82) is 0 Å². The van der Waals surface area contributed by atoms with Gasteiger partial charge in [0.05, 0.1) is 17.0 Å². The van der Waals surface area contributed by atoms with E-state index in [1.165, 1.54) is 0 Å². The van der Waals surface area contributed by atoms with Crippen LogP contribution in [0, 0.1) is 6.92 Å². The summed E-state index contributed by atoms with van der Waals surface area (Å²) in [5.41, 5.74) is 2.63. The van der Waals surface area contributed by atoms with Gasteiger partial charge in [-0.05, 0) is 42.3 Å². The fourth-order valence-electron chi connectivity index (χ4n) is 2.44. The number of hydrogen-bond acceptors (Lipinski definition) is 3. The largest absolute Gasteiger partial charge is 0.281 e. The van der Waals surface area contributed by atoms with Crippen LogP contribution < -0.4 is 4.72 Å². The molecule has 0 saturated carbocycles. The maximum Gasteiger partial charge on any atom is 0.237 e. The molecule has 0 aliphatic rings. The van der Waals surface area contributed by atoms with Crippen LogP contribution in [0.1, 0.15) is 11.1 Å². The molecule has 0 unspecified atom stereocenters. The van der Waals surface area contributed by atoms with E-state index in [-0.39, 0.29) is 5.75 Å². The van der Waals surface area contributed by atoms with Gasteiger partial charge in [-0.1, -0.05) is 35.9 Å². The first-order valence-electron chi connectivity index (χ1n) is 7.04. The number of benzene rings is 2. The molecule has 0 bridgehead atoms. The lowest BCUT2D eigenvalue weighted by atomic mass is 10.1. The molecule has 0 atom stereocenters. The van der Waals surface area contributed by atoms with Gasteiger partial charge in [0.2, 0.25) is 10.0 Å². The maximum absolute atomic E-state index is 12.5. The summed E-state index contributed by atoms with van der Waals surface area (Å²) in [7, 11) is -3.59. The van der Waals surface area contributed by atoms with Crippen LogP contribution in [0.4, 0.5) is 5.69 Å². The molecule has 0 radical (unpaired) electrons. The van der Waals surface area contributed by atoms with E-state index >= 15 is 0 Å². The van der Waals surface area contributed by atoms with E-state index in [0.717, 1.165) is 10.9 Å². The second-order valence-electron chi connectivity index (χ2n) is 5.34. The summed E-state index contributed by atoms with van der Waals surface area (Å²) in [6.45, 7) is 1.91. The van der Waals surface area contributed by atoms with E-state index in [0.29, 0.717) is 21.8 Å². The van der Waals surface area contributed by atoms with Crippen LogP contribution in [-0.4, -0.2) is 13.4 Å². The fourth-order valence-corrected chi connectivity index (χ4v) is 3.95. The van der Waals surface area contributed by atoms with Gasteiger partial charge in [-0.25, -0.2) is 8.42 Å². The zero-order valence-corrected chi connectivity index (χ0v) is 14.0. The molecule has 118 valence electrons. The molecule has 3 aromatic rings. The lowest BCUT2D eigenvalue weighted by Crippen LogP contribution is -2.16. The number of nitrogens with one attached hydrogen (secondary N) is 1. The number of fused-ring (bicyclic) bond motifs is 1. The van der Waals surface area contributed by atoms with Crippen molar-refractivity contribution in [2.24, 2.45) is 0 Å². The van der Waals surface area contributed by atoms with Crippen LogP contribution in [0.5, 0.6) is 0 Å². The van der Waals surface area contributed by atoms with Crippen LogP contribution >= 0.6 is 11.6 Å². The van der Waals surface area contributed by atoms with Crippen LogP contribution in [0.25, 0.3) is 10.9 Å². The Kier molecular flexibility index (Phi) is 4.24. The lowest BCUT2D eigenvalue weighted by Gasteiger charge is -2.12. The van der Waals surface area contributed by atoms with Crippen LogP contribution in [0.3, 0.4) is 0 Å². The van der Waals surface area contributed by atoms with Crippen molar-refractivity contribution in [1.82, 2.24) is 4.98 Å². The first kappa shape index (κ1) is 15.8. The Morgan fingerprint density at radius 3 is 2.70 bits per heavy atom. The van der Waals surface area contributed by atoms with E-state index in [1.807, 2.05) is 25.1 Å². The fraction of sp³-hybridized carbons (Fsp3) is 0.118. The Morgan fingerprint density at radius 2 is 1.91 bits per heavy atom. The number of rotatable bonds is 4. The third-order valence-electron chi connectivity index (χ3n) is 3.42. The second-order valence-corrected chi connectivity index (χ2v) is 7.47. The summed E-state index contributed by atoms with van der Waals surface area (Å²) in [6.07, 6.45) is 1.64. The van der Waals surface area contributed by atoms with Crippen LogP contribution in [0.15, 0.2) is 54.7 Å². The van der Waals surface area contributed by atoms with E-state index in [4.69, 9.17) is 11.6 Å². The highest BCUT2D eigenvalue weighted by molar-refractivity contribution is 7.91. The Morgan fingerprint density at radius 1 is 1.13 bits per heavy atom. The molecule has 0 spiro atoms. The Hall–Kier alpha value is -2.11. The van der Waals surface area contributed by atoms with E-state index < -0.39 is 10.0 Å². The van der Waals surface area contributed by atoms with Gasteiger partial charge in [-0.15, -0.1) is 0 Å². The SMILES string of the molecule is Cc1cc(NS(=O)(=O)Cc2ccccc2Cl)c2ncccc2c1. The number of sulfonamides is 1. The van der Waals surface area contributed by atoms with Gasteiger partial charge in [-0.3, -0.25) is 9.71 Å². The minimum absolute atomic E-state index is 0.186. The van der Waals surface area contributed by atoms with Crippen molar-refractivity contribution in [2.75, 3.05) is 4.72 Å². The summed E-state index contributed by atoms with van der Waals surface area (Å²) >= 11 is 6.05. The first-order chi connectivity index (χ1) is 10.9. The zero-order valence-electron chi connectivity index (χ0n) is 12.5. The predicted molar refractivity (Wildman–Crippen MR) is 94.2 cm³/mol. The molecule has 0 amide bonds. The molecule has 1 N–H and O–H groups in total. The minimum Gasteiger partial charge on any atom is -0.281 e. The van der Waals surface area contributed by atoms with Gasteiger partial charge in [-0.2, -0.15) is 0 Å². The van der Waals surface area contributed by atoms with Crippen LogP contribution in [0.2, 0.25) is 5.02 Å². The van der Waals surface area contributed by atoms with Gasteiger partial charge in [0.15, 0.2) is 0 Å². The number of hydrogen-bond donors (Lipinski definition) is 1. The molecule has 1 aromatic heterocycles. The third kappa shape index (κ3) is 3.63. The molecular weight excluding hydrogens is 332 g/mol. The molecular formula is C17H15ClN2O2S. The standard InChI is InChI=1S/C17H15ClN2O2S/c1-12-9-13-6-4-8-19-17(13)16(10-12)20-23(21,22)11-14-5-2-3-7-15(14)18/h2-10,20H,11H2,1H3. The van der Waals surface area contributed by atoms with Crippen molar-refractivity contribution >= 4 is 38.2 Å². The molecule has 1 heterocycles. The summed E-state index contributed by atoms with van der Waals surface area (Å²) in [4.78, 5) is 4.28. The Bertz CT molecular complexity index is 971. The summed E-state index contributed by atoms with van der Waals surface area (Å²) < 4.78 is 27.6. The summed E-state index contributed by atoms with van der Waals surface area (Å²) in [5.74, 6) is -0.186. The molecule has 3 rings (SSSR count). The maximum atomic E-state index is 12.5. The van der Waals surface area contributed by atoms with Gasteiger partial charge in [0.1, 0.15) is 0 Å². The number of aromatic nitrogens is 1. The predicted octanol–water partition coefficient (Wildman–Crippen LogP) is 4.14. The highest BCUT2D eigenvalue weighted by atomic mass is 35.5. The quantitative estimate of drug-likeness (QED) is 0.772. The highest BCUT2D eigenvalue weighted by Gasteiger charge is 2.16. The second kappa shape index (κ2) is 6.18. The van der Waals surface area contributed by atoms with E-state index in [2.05, 4.69) is 9.71 Å². The Balaban J connectivity index is 1.96. The van der Waals surface area contributed by atoms with Crippen molar-refractivity contribution in [3.05, 3.63) is 70.9 Å². The molecule has 0 aliphatic carbocycles. The zero-order chi connectivity index (χ0) is 16.4. The molecule has 4 nitrogen and oxygen atoms in total. The smallest absolute Gasteiger partial charge is 0.237 e. The molecule has 0 saturated heterocycles. The summed E-state index contributed by atoms with van der Waals surface area (Å²) in [6, 6.07) is 14.4. The van der Waals surface area contributed by atoms with Crippen molar-refractivity contribution < 1.29 is 8.42 Å². The van der Waals surface area contributed by atoms with Gasteiger partial charge < -0.3 is 0 Å². The van der Waals surface area contributed by atoms with E-state index in [1.54, 1.807) is 36.5 Å². The van der Waals surface area contributed by atoms with Crippen molar-refractivity contribution in [3.8, 4) is 0 Å². The number of halogens is 1. The average molecular weight is 347 g/mol. The van der Waals surface area contributed by atoms with Gasteiger partial charge in [0.25, 0.3) is 0 Å². The highest BCUT2D eigenvalue weighted by Crippen LogP contribution is 2.25. The van der Waals surface area contributed by atoms with Gasteiger partial charge in [0, 0.05) is 16.6 Å². The Labute approximate surface area is 140 Å².